The predicted octanol–water partition coefficient (Wildman–Crippen LogP) is 2.86. The third-order valence-electron chi connectivity index (χ3n) is 3.15. The van der Waals surface area contributed by atoms with Crippen molar-refractivity contribution >= 4 is 16.8 Å². The molecule has 5 nitrogen and oxygen atoms in total. The molecule has 19 heavy (non-hydrogen) atoms. The zero-order valence-electron chi connectivity index (χ0n) is 10.3. The number of methoxy groups -OCH3 is 1. The van der Waals surface area contributed by atoms with Crippen LogP contribution in [0, 0.1) is 10.1 Å². The number of benzene rings is 2. The van der Waals surface area contributed by atoms with Crippen LogP contribution in [0.15, 0.2) is 36.0 Å². The van der Waals surface area contributed by atoms with Crippen LogP contribution >= 0.6 is 0 Å². The fourth-order valence-corrected chi connectivity index (χ4v) is 2.17. The number of ether oxygens (including phenoxy) is 2. The summed E-state index contributed by atoms with van der Waals surface area (Å²) in [6.07, 6.45) is 1.57. The topological polar surface area (TPSA) is 61.6 Å². The lowest BCUT2D eigenvalue weighted by molar-refractivity contribution is -0.427. The normalized spacial score (nSPS) is 13.4. The van der Waals surface area contributed by atoms with Crippen molar-refractivity contribution in [2.75, 3.05) is 13.7 Å². The summed E-state index contributed by atoms with van der Waals surface area (Å²) in [5.74, 6) is 1.37. The second-order valence-corrected chi connectivity index (χ2v) is 4.25. The van der Waals surface area contributed by atoms with Gasteiger partial charge in [-0.1, -0.05) is 12.1 Å². The van der Waals surface area contributed by atoms with E-state index in [1.807, 2.05) is 30.3 Å². The average Bonchev–Trinajstić information content (AvgIpc) is 2.45. The van der Waals surface area contributed by atoms with Crippen molar-refractivity contribution in [1.82, 2.24) is 0 Å². The van der Waals surface area contributed by atoms with Gasteiger partial charge in [-0.2, -0.15) is 0 Å². The molecule has 0 saturated carbocycles. The molecular weight excluding hydrogens is 246 g/mol. The minimum absolute atomic E-state index is 0.00449. The molecule has 0 saturated heterocycles. The summed E-state index contributed by atoms with van der Waals surface area (Å²) in [6, 6.07) is 9.39. The molecule has 3 rings (SSSR count). The van der Waals surface area contributed by atoms with Gasteiger partial charge in [-0.05, 0) is 29.0 Å². The maximum absolute atomic E-state index is 10.9. The van der Waals surface area contributed by atoms with Crippen LogP contribution in [-0.4, -0.2) is 18.6 Å². The number of fused-ring (bicyclic) bond motifs is 3. The van der Waals surface area contributed by atoms with Crippen LogP contribution in [0.4, 0.5) is 0 Å². The fraction of sp³-hybridized carbons (Fsp3) is 0.143. The van der Waals surface area contributed by atoms with Gasteiger partial charge < -0.3 is 9.47 Å². The Hall–Kier alpha value is -2.56. The van der Waals surface area contributed by atoms with Crippen molar-refractivity contribution in [2.24, 2.45) is 0 Å². The lowest BCUT2D eigenvalue weighted by Crippen LogP contribution is -2.13. The molecule has 96 valence electrons. The van der Waals surface area contributed by atoms with Crippen molar-refractivity contribution in [2.45, 2.75) is 0 Å². The monoisotopic (exact) mass is 257 g/mol. The molecule has 1 aliphatic heterocycles. The Balaban J connectivity index is 2.27. The Bertz CT molecular complexity index is 706. The summed E-state index contributed by atoms with van der Waals surface area (Å²) in [4.78, 5) is 10.4. The molecule has 0 spiro atoms. The molecular formula is C14H11NO4. The molecule has 0 fully saturated rings. The van der Waals surface area contributed by atoms with Gasteiger partial charge in [0.1, 0.15) is 11.5 Å². The second-order valence-electron chi connectivity index (χ2n) is 4.25. The minimum Gasteiger partial charge on any atom is -0.497 e. The Labute approximate surface area is 109 Å². The van der Waals surface area contributed by atoms with Gasteiger partial charge >= 0.3 is 0 Å². The average molecular weight is 257 g/mol. The molecule has 0 unspecified atom stereocenters. The molecule has 0 N–H and O–H groups in total. The van der Waals surface area contributed by atoms with E-state index in [-0.39, 0.29) is 12.3 Å². The lowest BCUT2D eigenvalue weighted by atomic mass is 10.0. The Kier molecular flexibility index (Phi) is 2.59. The van der Waals surface area contributed by atoms with E-state index in [4.69, 9.17) is 9.47 Å². The number of hydrogen-bond acceptors (Lipinski definition) is 4. The van der Waals surface area contributed by atoms with E-state index in [9.17, 15) is 10.1 Å². The van der Waals surface area contributed by atoms with Crippen LogP contribution in [0.2, 0.25) is 0 Å². The van der Waals surface area contributed by atoms with Gasteiger partial charge in [0, 0.05) is 11.6 Å². The van der Waals surface area contributed by atoms with Crippen LogP contribution in [0.5, 0.6) is 11.5 Å². The molecule has 0 aliphatic carbocycles. The van der Waals surface area contributed by atoms with Crippen LogP contribution in [0.3, 0.4) is 0 Å². The number of nitro groups is 1. The maximum atomic E-state index is 10.9. The summed E-state index contributed by atoms with van der Waals surface area (Å²) in [5, 5.41) is 12.7. The summed E-state index contributed by atoms with van der Waals surface area (Å²) in [6.45, 7) is -0.00449. The zero-order valence-corrected chi connectivity index (χ0v) is 10.3. The van der Waals surface area contributed by atoms with E-state index >= 15 is 0 Å². The van der Waals surface area contributed by atoms with Crippen molar-refractivity contribution in [3.05, 3.63) is 51.7 Å². The predicted molar refractivity (Wildman–Crippen MR) is 71.0 cm³/mol. The van der Waals surface area contributed by atoms with Gasteiger partial charge in [0.2, 0.25) is 0 Å². The van der Waals surface area contributed by atoms with Crippen LogP contribution < -0.4 is 9.47 Å². The third-order valence-corrected chi connectivity index (χ3v) is 3.15. The van der Waals surface area contributed by atoms with E-state index < -0.39 is 4.92 Å². The highest BCUT2D eigenvalue weighted by Crippen LogP contribution is 2.34. The first-order chi connectivity index (χ1) is 9.19. The zero-order chi connectivity index (χ0) is 13.4. The molecule has 2 aromatic rings. The molecule has 0 bridgehead atoms. The van der Waals surface area contributed by atoms with Gasteiger partial charge in [-0.25, -0.2) is 0 Å². The summed E-state index contributed by atoms with van der Waals surface area (Å²) in [5.41, 5.74) is 0.789. The van der Waals surface area contributed by atoms with Crippen LogP contribution in [-0.2, 0) is 0 Å². The van der Waals surface area contributed by atoms with E-state index in [0.717, 1.165) is 16.3 Å². The molecule has 1 heterocycles. The van der Waals surface area contributed by atoms with Gasteiger partial charge in [0.15, 0.2) is 6.61 Å². The van der Waals surface area contributed by atoms with Crippen molar-refractivity contribution in [3.8, 4) is 11.5 Å². The van der Waals surface area contributed by atoms with Gasteiger partial charge in [0.05, 0.1) is 12.0 Å². The Morgan fingerprint density at radius 2 is 2.11 bits per heavy atom. The summed E-state index contributed by atoms with van der Waals surface area (Å²) < 4.78 is 10.6. The number of nitrogens with zero attached hydrogens (tertiary/aromatic N) is 1. The highest BCUT2D eigenvalue weighted by atomic mass is 16.6. The van der Waals surface area contributed by atoms with Crippen molar-refractivity contribution < 1.29 is 14.4 Å². The van der Waals surface area contributed by atoms with Gasteiger partial charge in [-0.3, -0.25) is 10.1 Å². The molecule has 0 amide bonds. The van der Waals surface area contributed by atoms with Gasteiger partial charge in [-0.15, -0.1) is 0 Å². The van der Waals surface area contributed by atoms with E-state index in [0.29, 0.717) is 11.5 Å². The Morgan fingerprint density at radius 1 is 1.32 bits per heavy atom. The van der Waals surface area contributed by atoms with Crippen molar-refractivity contribution in [3.63, 3.8) is 0 Å². The molecule has 1 aliphatic rings. The highest BCUT2D eigenvalue weighted by Gasteiger charge is 2.21. The SMILES string of the molecule is COc1ccc2ccc3c(c2c1)C=C([N+](=O)[O-])CO3. The minimum atomic E-state index is -0.415. The van der Waals surface area contributed by atoms with E-state index in [1.165, 1.54) is 0 Å². The van der Waals surface area contributed by atoms with E-state index in [1.54, 1.807) is 13.2 Å². The quantitative estimate of drug-likeness (QED) is 0.613. The third kappa shape index (κ3) is 1.89. The first-order valence-corrected chi connectivity index (χ1v) is 5.77. The van der Waals surface area contributed by atoms with Gasteiger partial charge in [0.25, 0.3) is 5.70 Å². The molecule has 0 radical (unpaired) electrons. The maximum Gasteiger partial charge on any atom is 0.284 e. The Morgan fingerprint density at radius 3 is 2.84 bits per heavy atom. The lowest BCUT2D eigenvalue weighted by Gasteiger charge is -2.15. The first-order valence-electron chi connectivity index (χ1n) is 5.77. The van der Waals surface area contributed by atoms with Crippen LogP contribution in [0.25, 0.3) is 16.8 Å². The fourth-order valence-electron chi connectivity index (χ4n) is 2.17. The molecule has 2 aromatic carbocycles. The molecule has 5 heteroatoms. The van der Waals surface area contributed by atoms with Crippen LogP contribution in [0.1, 0.15) is 5.56 Å². The number of hydrogen-bond donors (Lipinski definition) is 0. The molecule has 0 atom stereocenters. The standard InChI is InChI=1S/C14H11NO4/c1-18-11-4-2-9-3-5-14-13(12(9)7-11)6-10(8-19-14)15(16)17/h2-7H,8H2,1H3. The second kappa shape index (κ2) is 4.28. The van der Waals surface area contributed by atoms with Crippen molar-refractivity contribution in [1.29, 1.82) is 0 Å². The summed E-state index contributed by atoms with van der Waals surface area (Å²) in [7, 11) is 1.59. The highest BCUT2D eigenvalue weighted by molar-refractivity contribution is 5.94. The smallest absolute Gasteiger partial charge is 0.284 e. The largest absolute Gasteiger partial charge is 0.497 e. The molecule has 0 aromatic heterocycles. The number of rotatable bonds is 2. The first kappa shape index (κ1) is 11.5. The summed E-state index contributed by atoms with van der Waals surface area (Å²) >= 11 is 0. The van der Waals surface area contributed by atoms with E-state index in [2.05, 4.69) is 0 Å².